The number of nitrogens with zero attached hydrogens (tertiary/aromatic N) is 1. The number of halogens is 2. The Morgan fingerprint density at radius 2 is 2.20 bits per heavy atom. The standard InChI is InChI=1S/C14H20ClN3O.ClH/c1-11-3-4-13(12(15)9-11)17-14(19)10-18-7-2-5-16-6-8-18;/h3-4,9,16H,2,5-8,10H2,1H3,(H,17,19);1H. The molecule has 0 unspecified atom stereocenters. The van der Waals surface area contributed by atoms with Gasteiger partial charge in [-0.05, 0) is 44.1 Å². The molecule has 1 aliphatic heterocycles. The molecule has 1 amide bonds. The van der Waals surface area contributed by atoms with Gasteiger partial charge in [0.05, 0.1) is 17.3 Å². The highest BCUT2D eigenvalue weighted by molar-refractivity contribution is 6.33. The van der Waals surface area contributed by atoms with Gasteiger partial charge in [-0.2, -0.15) is 0 Å². The lowest BCUT2D eigenvalue weighted by Crippen LogP contribution is -2.35. The van der Waals surface area contributed by atoms with Gasteiger partial charge in [0, 0.05) is 13.1 Å². The summed E-state index contributed by atoms with van der Waals surface area (Å²) in [6, 6.07) is 5.64. The molecule has 20 heavy (non-hydrogen) atoms. The van der Waals surface area contributed by atoms with Crippen molar-refractivity contribution < 1.29 is 4.79 Å². The number of anilines is 1. The first-order chi connectivity index (χ1) is 9.15. The second kappa shape index (κ2) is 8.47. The van der Waals surface area contributed by atoms with E-state index < -0.39 is 0 Å². The number of amides is 1. The first-order valence-electron chi connectivity index (χ1n) is 6.64. The van der Waals surface area contributed by atoms with E-state index in [1.54, 1.807) is 0 Å². The van der Waals surface area contributed by atoms with Crippen LogP contribution in [-0.4, -0.2) is 43.5 Å². The molecule has 0 atom stereocenters. The summed E-state index contributed by atoms with van der Waals surface area (Å²) in [5.41, 5.74) is 1.77. The molecule has 2 N–H and O–H groups in total. The maximum absolute atomic E-state index is 12.0. The molecule has 1 aromatic rings. The van der Waals surface area contributed by atoms with Crippen LogP contribution in [0.25, 0.3) is 0 Å². The Hall–Kier alpha value is -0.810. The average molecular weight is 318 g/mol. The Labute approximate surface area is 131 Å². The van der Waals surface area contributed by atoms with Crippen LogP contribution in [0, 0.1) is 6.92 Å². The Bertz CT molecular complexity index is 446. The zero-order valence-electron chi connectivity index (χ0n) is 11.6. The van der Waals surface area contributed by atoms with E-state index in [1.165, 1.54) is 0 Å². The Morgan fingerprint density at radius 3 is 2.95 bits per heavy atom. The number of aryl methyl sites for hydroxylation is 1. The maximum Gasteiger partial charge on any atom is 0.238 e. The van der Waals surface area contributed by atoms with Crippen molar-refractivity contribution in [3.63, 3.8) is 0 Å². The lowest BCUT2D eigenvalue weighted by molar-refractivity contribution is -0.117. The van der Waals surface area contributed by atoms with Gasteiger partial charge in [0.15, 0.2) is 0 Å². The van der Waals surface area contributed by atoms with Gasteiger partial charge in [0.1, 0.15) is 0 Å². The van der Waals surface area contributed by atoms with Gasteiger partial charge in [-0.25, -0.2) is 0 Å². The fourth-order valence-corrected chi connectivity index (χ4v) is 2.46. The van der Waals surface area contributed by atoms with Crippen LogP contribution in [-0.2, 0) is 4.79 Å². The molecule has 1 heterocycles. The molecule has 2 rings (SSSR count). The second-order valence-electron chi connectivity index (χ2n) is 4.91. The molecule has 112 valence electrons. The normalized spacial score (nSPS) is 16.1. The van der Waals surface area contributed by atoms with Crippen molar-refractivity contribution in [3.8, 4) is 0 Å². The van der Waals surface area contributed by atoms with Crippen LogP contribution < -0.4 is 10.6 Å². The molecule has 0 aliphatic carbocycles. The molecule has 0 spiro atoms. The van der Waals surface area contributed by atoms with Crippen LogP contribution in [0.4, 0.5) is 5.69 Å². The first-order valence-corrected chi connectivity index (χ1v) is 7.02. The molecular weight excluding hydrogens is 297 g/mol. The van der Waals surface area contributed by atoms with Gasteiger partial charge in [0.2, 0.25) is 5.91 Å². The van der Waals surface area contributed by atoms with Crippen LogP contribution in [0.5, 0.6) is 0 Å². The zero-order valence-corrected chi connectivity index (χ0v) is 13.2. The van der Waals surface area contributed by atoms with E-state index in [4.69, 9.17) is 11.6 Å². The van der Waals surface area contributed by atoms with Crippen molar-refractivity contribution in [2.75, 3.05) is 38.0 Å². The molecule has 4 nitrogen and oxygen atoms in total. The summed E-state index contributed by atoms with van der Waals surface area (Å²) in [5, 5.41) is 6.78. The third-order valence-corrected chi connectivity index (χ3v) is 3.51. The van der Waals surface area contributed by atoms with Gasteiger partial charge in [-0.15, -0.1) is 12.4 Å². The lowest BCUT2D eigenvalue weighted by atomic mass is 10.2. The van der Waals surface area contributed by atoms with Crippen LogP contribution in [0.3, 0.4) is 0 Å². The van der Waals surface area contributed by atoms with Crippen molar-refractivity contribution in [1.82, 2.24) is 10.2 Å². The van der Waals surface area contributed by atoms with Crippen molar-refractivity contribution in [2.24, 2.45) is 0 Å². The predicted octanol–water partition coefficient (Wildman–Crippen LogP) is 2.30. The number of hydrogen-bond acceptors (Lipinski definition) is 3. The molecule has 0 saturated carbocycles. The number of carbonyl (C=O) groups excluding carboxylic acids is 1. The fraction of sp³-hybridized carbons (Fsp3) is 0.500. The number of carbonyl (C=O) groups is 1. The summed E-state index contributed by atoms with van der Waals surface area (Å²) in [7, 11) is 0. The summed E-state index contributed by atoms with van der Waals surface area (Å²) in [5.74, 6) is -0.00680. The average Bonchev–Trinajstić information content (AvgIpc) is 2.61. The van der Waals surface area contributed by atoms with Gasteiger partial charge in [-0.1, -0.05) is 17.7 Å². The van der Waals surface area contributed by atoms with E-state index in [1.807, 2.05) is 25.1 Å². The monoisotopic (exact) mass is 317 g/mol. The van der Waals surface area contributed by atoms with E-state index >= 15 is 0 Å². The van der Waals surface area contributed by atoms with Crippen molar-refractivity contribution in [1.29, 1.82) is 0 Å². The number of hydrogen-bond donors (Lipinski definition) is 2. The fourth-order valence-electron chi connectivity index (χ4n) is 2.17. The minimum absolute atomic E-state index is 0. The molecule has 1 saturated heterocycles. The molecule has 0 radical (unpaired) electrons. The van der Waals surface area contributed by atoms with Crippen LogP contribution >= 0.6 is 24.0 Å². The van der Waals surface area contributed by atoms with Crippen LogP contribution in [0.2, 0.25) is 5.02 Å². The molecular formula is C14H21Cl2N3O. The molecule has 6 heteroatoms. The Morgan fingerprint density at radius 1 is 1.40 bits per heavy atom. The number of benzene rings is 1. The summed E-state index contributed by atoms with van der Waals surface area (Å²) < 4.78 is 0. The first kappa shape index (κ1) is 17.2. The summed E-state index contributed by atoms with van der Waals surface area (Å²) in [6.45, 7) is 6.24. The molecule has 1 aromatic carbocycles. The van der Waals surface area contributed by atoms with Crippen molar-refractivity contribution in [2.45, 2.75) is 13.3 Å². The Kier molecular flexibility index (Phi) is 7.30. The topological polar surface area (TPSA) is 44.4 Å². The van der Waals surface area contributed by atoms with E-state index in [2.05, 4.69) is 15.5 Å². The largest absolute Gasteiger partial charge is 0.324 e. The quantitative estimate of drug-likeness (QED) is 0.899. The highest BCUT2D eigenvalue weighted by Gasteiger charge is 2.13. The summed E-state index contributed by atoms with van der Waals surface area (Å²) in [6.07, 6.45) is 1.08. The molecule has 1 fully saturated rings. The van der Waals surface area contributed by atoms with E-state index in [9.17, 15) is 4.79 Å². The van der Waals surface area contributed by atoms with E-state index in [0.29, 0.717) is 17.3 Å². The van der Waals surface area contributed by atoms with Crippen LogP contribution in [0.1, 0.15) is 12.0 Å². The van der Waals surface area contributed by atoms with Gasteiger partial charge < -0.3 is 10.6 Å². The highest BCUT2D eigenvalue weighted by Crippen LogP contribution is 2.22. The Balaban J connectivity index is 0.00000200. The van der Waals surface area contributed by atoms with Crippen LogP contribution in [0.15, 0.2) is 18.2 Å². The van der Waals surface area contributed by atoms with Gasteiger partial charge in [-0.3, -0.25) is 9.69 Å². The smallest absolute Gasteiger partial charge is 0.238 e. The third kappa shape index (κ3) is 5.29. The van der Waals surface area contributed by atoms with E-state index in [-0.39, 0.29) is 18.3 Å². The van der Waals surface area contributed by atoms with E-state index in [0.717, 1.165) is 38.2 Å². The van der Waals surface area contributed by atoms with Gasteiger partial charge in [0.25, 0.3) is 0 Å². The summed E-state index contributed by atoms with van der Waals surface area (Å²) >= 11 is 6.10. The van der Waals surface area contributed by atoms with Crippen molar-refractivity contribution >= 4 is 35.6 Å². The summed E-state index contributed by atoms with van der Waals surface area (Å²) in [4.78, 5) is 14.2. The SMILES string of the molecule is Cc1ccc(NC(=O)CN2CCCNCC2)c(Cl)c1.Cl. The zero-order chi connectivity index (χ0) is 13.7. The minimum Gasteiger partial charge on any atom is -0.324 e. The van der Waals surface area contributed by atoms with Crippen molar-refractivity contribution in [3.05, 3.63) is 28.8 Å². The number of rotatable bonds is 3. The minimum atomic E-state index is -0.00680. The van der Waals surface area contributed by atoms with Gasteiger partial charge >= 0.3 is 0 Å². The lowest BCUT2D eigenvalue weighted by Gasteiger charge is -2.19. The number of nitrogens with one attached hydrogen (secondary N) is 2. The molecule has 1 aliphatic rings. The maximum atomic E-state index is 12.0. The highest BCUT2D eigenvalue weighted by atomic mass is 35.5. The second-order valence-corrected chi connectivity index (χ2v) is 5.32. The molecule has 0 bridgehead atoms. The third-order valence-electron chi connectivity index (χ3n) is 3.20. The predicted molar refractivity (Wildman–Crippen MR) is 86.0 cm³/mol. The molecule has 0 aromatic heterocycles.